The first-order valence-corrected chi connectivity index (χ1v) is 5.79. The fourth-order valence-corrected chi connectivity index (χ4v) is 1.93. The molecule has 1 atom stereocenters. The first-order valence-electron chi connectivity index (χ1n) is 5.79. The van der Waals surface area contributed by atoms with Crippen LogP contribution in [0.5, 0.6) is 0 Å². The second-order valence-corrected chi connectivity index (χ2v) is 4.31. The summed E-state index contributed by atoms with van der Waals surface area (Å²) in [5.41, 5.74) is 1.37. The number of aliphatic hydroxyl groups is 1. The summed E-state index contributed by atoms with van der Waals surface area (Å²) in [6, 6.07) is 8.12. The average molecular weight is 249 g/mol. The summed E-state index contributed by atoms with van der Waals surface area (Å²) < 4.78 is 18.5. The molecule has 0 fully saturated rings. The summed E-state index contributed by atoms with van der Waals surface area (Å²) in [7, 11) is 1.88. The van der Waals surface area contributed by atoms with Crippen LogP contribution in [0.25, 0.3) is 0 Å². The van der Waals surface area contributed by atoms with Crippen LogP contribution in [0.4, 0.5) is 10.1 Å². The fraction of sp³-hybridized carbons (Fsp3) is 0.286. The van der Waals surface area contributed by atoms with Gasteiger partial charge in [-0.05, 0) is 37.3 Å². The molecular formula is C14H16FNO2. The highest BCUT2D eigenvalue weighted by Crippen LogP contribution is 2.27. The molecule has 0 saturated carbocycles. The standard InChI is InChI=1S/C14H16FNO2/c1-10(17)13-8-11(15)5-6-14(13)16(2)9-12-4-3-7-18-12/h3-8,10,17H,9H2,1-2H3/t10-/m0/s1. The minimum Gasteiger partial charge on any atom is -0.467 e. The van der Waals surface area contributed by atoms with E-state index in [4.69, 9.17) is 4.42 Å². The summed E-state index contributed by atoms with van der Waals surface area (Å²) in [5.74, 6) is 0.472. The highest BCUT2D eigenvalue weighted by molar-refractivity contribution is 5.54. The molecular weight excluding hydrogens is 233 g/mol. The van der Waals surface area contributed by atoms with E-state index in [2.05, 4.69) is 0 Å². The van der Waals surface area contributed by atoms with Crippen molar-refractivity contribution in [2.24, 2.45) is 0 Å². The Morgan fingerprint density at radius 2 is 2.17 bits per heavy atom. The Hall–Kier alpha value is -1.81. The predicted octanol–water partition coefficient (Wildman–Crippen LogP) is 3.11. The van der Waals surface area contributed by atoms with Gasteiger partial charge in [-0.3, -0.25) is 0 Å². The lowest BCUT2D eigenvalue weighted by Crippen LogP contribution is -2.18. The lowest BCUT2D eigenvalue weighted by atomic mass is 10.1. The molecule has 2 aromatic rings. The first-order chi connectivity index (χ1) is 8.58. The van der Waals surface area contributed by atoms with Gasteiger partial charge in [-0.25, -0.2) is 4.39 Å². The molecule has 3 nitrogen and oxygen atoms in total. The van der Waals surface area contributed by atoms with Gasteiger partial charge in [0, 0.05) is 18.3 Å². The van der Waals surface area contributed by atoms with Crippen LogP contribution in [0.15, 0.2) is 41.0 Å². The highest BCUT2D eigenvalue weighted by Gasteiger charge is 2.13. The van der Waals surface area contributed by atoms with Crippen molar-refractivity contribution in [1.29, 1.82) is 0 Å². The van der Waals surface area contributed by atoms with Gasteiger partial charge in [-0.15, -0.1) is 0 Å². The second-order valence-electron chi connectivity index (χ2n) is 4.31. The Morgan fingerprint density at radius 1 is 1.39 bits per heavy atom. The lowest BCUT2D eigenvalue weighted by Gasteiger charge is -2.22. The summed E-state index contributed by atoms with van der Waals surface area (Å²) in [4.78, 5) is 1.92. The Morgan fingerprint density at radius 3 is 2.78 bits per heavy atom. The van der Waals surface area contributed by atoms with E-state index >= 15 is 0 Å². The number of furan rings is 1. The Bertz CT molecular complexity index is 509. The first kappa shape index (κ1) is 12.6. The topological polar surface area (TPSA) is 36.6 Å². The van der Waals surface area contributed by atoms with Crippen LogP contribution in [0.2, 0.25) is 0 Å². The molecule has 1 heterocycles. The molecule has 96 valence electrons. The zero-order valence-electron chi connectivity index (χ0n) is 10.4. The molecule has 0 unspecified atom stereocenters. The highest BCUT2D eigenvalue weighted by atomic mass is 19.1. The normalized spacial score (nSPS) is 12.4. The van der Waals surface area contributed by atoms with Gasteiger partial charge >= 0.3 is 0 Å². The summed E-state index contributed by atoms with van der Waals surface area (Å²) in [6.07, 6.45) is 0.901. The van der Waals surface area contributed by atoms with Crippen LogP contribution < -0.4 is 4.90 Å². The predicted molar refractivity (Wildman–Crippen MR) is 67.8 cm³/mol. The van der Waals surface area contributed by atoms with E-state index in [0.717, 1.165) is 11.4 Å². The maximum atomic E-state index is 13.2. The van der Waals surface area contributed by atoms with E-state index in [1.54, 1.807) is 19.3 Å². The third-order valence-electron chi connectivity index (χ3n) is 2.82. The average Bonchev–Trinajstić information content (AvgIpc) is 2.81. The van der Waals surface area contributed by atoms with Crippen LogP contribution in [0, 0.1) is 5.82 Å². The summed E-state index contributed by atoms with van der Waals surface area (Å²) in [5, 5.41) is 9.69. The third-order valence-corrected chi connectivity index (χ3v) is 2.82. The van der Waals surface area contributed by atoms with Crippen molar-refractivity contribution in [3.05, 3.63) is 53.7 Å². The van der Waals surface area contributed by atoms with E-state index in [0.29, 0.717) is 12.1 Å². The minimum absolute atomic E-state index is 0.346. The van der Waals surface area contributed by atoms with Gasteiger partial charge < -0.3 is 14.4 Å². The van der Waals surface area contributed by atoms with Crippen molar-refractivity contribution in [2.45, 2.75) is 19.6 Å². The summed E-state index contributed by atoms with van der Waals surface area (Å²) in [6.45, 7) is 2.19. The molecule has 18 heavy (non-hydrogen) atoms. The maximum Gasteiger partial charge on any atom is 0.123 e. The molecule has 0 radical (unpaired) electrons. The fourth-order valence-electron chi connectivity index (χ4n) is 1.93. The molecule has 1 aromatic carbocycles. The van der Waals surface area contributed by atoms with Crippen molar-refractivity contribution in [2.75, 3.05) is 11.9 Å². The zero-order chi connectivity index (χ0) is 13.1. The molecule has 0 aliphatic carbocycles. The van der Waals surface area contributed by atoms with Crippen molar-refractivity contribution < 1.29 is 13.9 Å². The van der Waals surface area contributed by atoms with Gasteiger partial charge in [0.2, 0.25) is 0 Å². The van der Waals surface area contributed by atoms with Crippen LogP contribution in [0.3, 0.4) is 0 Å². The van der Waals surface area contributed by atoms with E-state index in [9.17, 15) is 9.50 Å². The molecule has 0 aliphatic rings. The quantitative estimate of drug-likeness (QED) is 0.904. The van der Waals surface area contributed by atoms with Crippen molar-refractivity contribution in [1.82, 2.24) is 0 Å². The smallest absolute Gasteiger partial charge is 0.123 e. The van der Waals surface area contributed by atoms with Gasteiger partial charge in [0.25, 0.3) is 0 Å². The van der Waals surface area contributed by atoms with Gasteiger partial charge in [0.1, 0.15) is 11.6 Å². The van der Waals surface area contributed by atoms with Crippen molar-refractivity contribution in [3.63, 3.8) is 0 Å². The van der Waals surface area contributed by atoms with Crippen LogP contribution in [-0.2, 0) is 6.54 Å². The number of nitrogens with zero attached hydrogens (tertiary/aromatic N) is 1. The Kier molecular flexibility index (Phi) is 3.67. The van der Waals surface area contributed by atoms with Crippen LogP contribution in [0.1, 0.15) is 24.4 Å². The molecule has 4 heteroatoms. The number of hydrogen-bond donors (Lipinski definition) is 1. The Balaban J connectivity index is 2.26. The van der Waals surface area contributed by atoms with Crippen LogP contribution >= 0.6 is 0 Å². The van der Waals surface area contributed by atoms with E-state index < -0.39 is 6.10 Å². The second kappa shape index (κ2) is 5.23. The molecule has 2 rings (SSSR count). The molecule has 0 saturated heterocycles. The Labute approximate surface area is 105 Å². The number of aliphatic hydroxyl groups excluding tert-OH is 1. The van der Waals surface area contributed by atoms with E-state index in [1.807, 2.05) is 24.1 Å². The lowest BCUT2D eigenvalue weighted by molar-refractivity contribution is 0.199. The van der Waals surface area contributed by atoms with Gasteiger partial charge in [-0.2, -0.15) is 0 Å². The number of anilines is 1. The molecule has 1 N–H and O–H groups in total. The number of benzene rings is 1. The molecule has 0 aliphatic heterocycles. The number of hydrogen-bond acceptors (Lipinski definition) is 3. The van der Waals surface area contributed by atoms with E-state index in [1.165, 1.54) is 12.1 Å². The maximum absolute atomic E-state index is 13.2. The molecule has 1 aromatic heterocycles. The van der Waals surface area contributed by atoms with Gasteiger partial charge in [0.05, 0.1) is 18.9 Å². The monoisotopic (exact) mass is 249 g/mol. The zero-order valence-corrected chi connectivity index (χ0v) is 10.4. The number of rotatable bonds is 4. The molecule has 0 spiro atoms. The third kappa shape index (κ3) is 2.71. The largest absolute Gasteiger partial charge is 0.467 e. The minimum atomic E-state index is -0.713. The molecule has 0 amide bonds. The van der Waals surface area contributed by atoms with Crippen molar-refractivity contribution in [3.8, 4) is 0 Å². The van der Waals surface area contributed by atoms with Crippen molar-refractivity contribution >= 4 is 5.69 Å². The number of halogens is 1. The SMILES string of the molecule is C[C@H](O)c1cc(F)ccc1N(C)Cc1ccco1. The van der Waals surface area contributed by atoms with Crippen LogP contribution in [-0.4, -0.2) is 12.2 Å². The molecule has 0 bridgehead atoms. The van der Waals surface area contributed by atoms with Gasteiger partial charge in [-0.1, -0.05) is 0 Å². The summed E-state index contributed by atoms with van der Waals surface area (Å²) >= 11 is 0. The van der Waals surface area contributed by atoms with E-state index in [-0.39, 0.29) is 5.82 Å². The van der Waals surface area contributed by atoms with Gasteiger partial charge in [0.15, 0.2) is 0 Å².